The number of rotatable bonds is 11. The van der Waals surface area contributed by atoms with Gasteiger partial charge in [-0.15, -0.1) is 0 Å². The molecule has 0 bridgehead atoms. The predicted octanol–water partition coefficient (Wildman–Crippen LogP) is 6.69. The van der Waals surface area contributed by atoms with Gasteiger partial charge in [-0.2, -0.15) is 0 Å². The number of aryl methyl sites for hydroxylation is 2. The van der Waals surface area contributed by atoms with Crippen LogP contribution in [0.1, 0.15) is 61.8 Å². The maximum absolute atomic E-state index is 13.1. The molecule has 0 fully saturated rings. The minimum Gasteiger partial charge on any atom is -0.494 e. The zero-order chi connectivity index (χ0) is 26.3. The molecule has 1 amide bonds. The number of amides is 1. The molecule has 5 nitrogen and oxygen atoms in total. The highest BCUT2D eigenvalue weighted by atomic mass is 19.1. The van der Waals surface area contributed by atoms with E-state index >= 15 is 0 Å². The third-order valence-corrected chi connectivity index (χ3v) is 6.47. The van der Waals surface area contributed by atoms with Crippen LogP contribution in [0.2, 0.25) is 0 Å². The van der Waals surface area contributed by atoms with Gasteiger partial charge in [-0.25, -0.2) is 9.37 Å². The lowest BCUT2D eigenvalue weighted by Crippen LogP contribution is -2.25. The van der Waals surface area contributed by atoms with Crippen molar-refractivity contribution < 1.29 is 13.9 Å². The summed E-state index contributed by atoms with van der Waals surface area (Å²) in [6, 6.07) is 22.2. The van der Waals surface area contributed by atoms with Crippen LogP contribution in [0.25, 0.3) is 11.0 Å². The van der Waals surface area contributed by atoms with E-state index in [-0.39, 0.29) is 17.1 Å². The molecule has 0 saturated carbocycles. The summed E-state index contributed by atoms with van der Waals surface area (Å²) in [7, 11) is 0. The maximum Gasteiger partial charge on any atom is 0.251 e. The molecule has 0 aliphatic heterocycles. The molecule has 0 spiro atoms. The Hall–Kier alpha value is -3.67. The lowest BCUT2D eigenvalue weighted by Gasteiger charge is -2.19. The Bertz CT molecular complexity index is 1310. The molecule has 1 heterocycles. The molecule has 4 aromatic rings. The molecule has 1 aromatic heterocycles. The number of hydrogen-bond acceptors (Lipinski definition) is 3. The molecule has 0 saturated heterocycles. The van der Waals surface area contributed by atoms with Gasteiger partial charge in [0.15, 0.2) is 0 Å². The van der Waals surface area contributed by atoms with Gasteiger partial charge in [0.25, 0.3) is 5.91 Å². The van der Waals surface area contributed by atoms with Gasteiger partial charge in [0.2, 0.25) is 0 Å². The highest BCUT2D eigenvalue weighted by Crippen LogP contribution is 2.24. The molecule has 194 valence electrons. The van der Waals surface area contributed by atoms with E-state index in [9.17, 15) is 9.18 Å². The van der Waals surface area contributed by atoms with Crippen LogP contribution >= 0.6 is 0 Å². The predicted molar refractivity (Wildman–Crippen MR) is 147 cm³/mol. The third kappa shape index (κ3) is 7.19. The van der Waals surface area contributed by atoms with Gasteiger partial charge in [-0.1, -0.05) is 45.0 Å². The molecule has 1 N–H and O–H groups in total. The van der Waals surface area contributed by atoms with Crippen LogP contribution in [-0.4, -0.2) is 28.6 Å². The zero-order valence-corrected chi connectivity index (χ0v) is 22.0. The van der Waals surface area contributed by atoms with Crippen molar-refractivity contribution in [3.63, 3.8) is 0 Å². The first-order chi connectivity index (χ1) is 17.8. The van der Waals surface area contributed by atoms with Crippen LogP contribution in [0.4, 0.5) is 4.39 Å². The first-order valence-corrected chi connectivity index (χ1v) is 13.0. The number of halogens is 1. The SMILES string of the molecule is CC(C)(C)c1ccc(OCCCCn2c(CCCNC(=O)c3ccc(F)cc3)nc3ccccc32)cc1. The standard InChI is InChI=1S/C31H36FN3O2/c1-31(2,3)24-14-18-26(19-15-24)37-22-7-6-21-35-28-10-5-4-9-27(28)34-29(35)11-8-20-33-30(36)23-12-16-25(32)17-13-23/h4-5,9-10,12-19H,6-8,11,20-22H2,1-3H3,(H,33,36). The van der Waals surface area contributed by atoms with E-state index in [0.717, 1.165) is 54.8 Å². The second-order valence-electron chi connectivity index (χ2n) is 10.4. The van der Waals surface area contributed by atoms with Gasteiger partial charge in [0, 0.05) is 25.1 Å². The number of imidazole rings is 1. The monoisotopic (exact) mass is 501 g/mol. The van der Waals surface area contributed by atoms with E-state index in [2.05, 4.69) is 61.0 Å². The molecule has 0 unspecified atom stereocenters. The first-order valence-electron chi connectivity index (χ1n) is 13.0. The molecule has 0 aliphatic carbocycles. The smallest absolute Gasteiger partial charge is 0.251 e. The summed E-state index contributed by atoms with van der Waals surface area (Å²) in [5.41, 5.74) is 4.02. The number of carbonyl (C=O) groups is 1. The summed E-state index contributed by atoms with van der Waals surface area (Å²) in [6.07, 6.45) is 3.45. The highest BCUT2D eigenvalue weighted by molar-refractivity contribution is 5.94. The fourth-order valence-corrected chi connectivity index (χ4v) is 4.33. The largest absolute Gasteiger partial charge is 0.494 e. The second-order valence-corrected chi connectivity index (χ2v) is 10.4. The van der Waals surface area contributed by atoms with E-state index in [1.165, 1.54) is 29.8 Å². The van der Waals surface area contributed by atoms with Gasteiger partial charge in [0.05, 0.1) is 17.6 Å². The first kappa shape index (κ1) is 26.4. The fraction of sp³-hybridized carbons (Fsp3) is 0.355. The number of nitrogens with one attached hydrogen (secondary N) is 1. The summed E-state index contributed by atoms with van der Waals surface area (Å²) >= 11 is 0. The van der Waals surface area contributed by atoms with E-state index in [0.29, 0.717) is 18.7 Å². The normalized spacial score (nSPS) is 11.6. The number of hydrogen-bond donors (Lipinski definition) is 1. The summed E-state index contributed by atoms with van der Waals surface area (Å²) in [4.78, 5) is 17.1. The number of carbonyl (C=O) groups excluding carboxylic acids is 1. The number of unbranched alkanes of at least 4 members (excludes halogenated alkanes) is 1. The Kier molecular flexibility index (Phi) is 8.59. The molecule has 0 atom stereocenters. The van der Waals surface area contributed by atoms with Crippen molar-refractivity contribution in [2.45, 2.75) is 58.4 Å². The van der Waals surface area contributed by atoms with Crippen molar-refractivity contribution in [3.8, 4) is 5.75 Å². The van der Waals surface area contributed by atoms with E-state index < -0.39 is 0 Å². The Labute approximate surface area is 218 Å². The zero-order valence-electron chi connectivity index (χ0n) is 22.0. The highest BCUT2D eigenvalue weighted by Gasteiger charge is 2.13. The van der Waals surface area contributed by atoms with Gasteiger partial charge in [-0.3, -0.25) is 4.79 Å². The van der Waals surface area contributed by atoms with Gasteiger partial charge >= 0.3 is 0 Å². The molecule has 3 aromatic carbocycles. The van der Waals surface area contributed by atoms with Crippen LogP contribution in [-0.2, 0) is 18.4 Å². The third-order valence-electron chi connectivity index (χ3n) is 6.47. The minimum atomic E-state index is -0.350. The van der Waals surface area contributed by atoms with Crippen molar-refractivity contribution in [2.75, 3.05) is 13.2 Å². The molecule has 0 radical (unpaired) electrons. The molecule has 0 aliphatic rings. The van der Waals surface area contributed by atoms with E-state index in [4.69, 9.17) is 9.72 Å². The molecular formula is C31H36FN3O2. The quantitative estimate of drug-likeness (QED) is 0.233. The summed E-state index contributed by atoms with van der Waals surface area (Å²) in [5, 5.41) is 2.91. The Morgan fingerprint density at radius 1 is 0.946 bits per heavy atom. The molecule has 6 heteroatoms. The van der Waals surface area contributed by atoms with Crippen LogP contribution in [0.3, 0.4) is 0 Å². The summed E-state index contributed by atoms with van der Waals surface area (Å²) < 4.78 is 21.3. The van der Waals surface area contributed by atoms with Crippen LogP contribution in [0.15, 0.2) is 72.8 Å². The van der Waals surface area contributed by atoms with Gasteiger partial charge in [-0.05, 0) is 78.8 Å². The maximum atomic E-state index is 13.1. The molecular weight excluding hydrogens is 465 g/mol. The van der Waals surface area contributed by atoms with Crippen molar-refractivity contribution in [1.82, 2.24) is 14.9 Å². The average Bonchev–Trinajstić information content (AvgIpc) is 3.24. The second kappa shape index (κ2) is 12.0. The van der Waals surface area contributed by atoms with Crippen LogP contribution in [0.5, 0.6) is 5.75 Å². The van der Waals surface area contributed by atoms with E-state index in [1.807, 2.05) is 18.2 Å². The Morgan fingerprint density at radius 3 is 2.41 bits per heavy atom. The molecule has 37 heavy (non-hydrogen) atoms. The number of aromatic nitrogens is 2. The lowest BCUT2D eigenvalue weighted by molar-refractivity contribution is 0.0953. The average molecular weight is 502 g/mol. The topological polar surface area (TPSA) is 56.1 Å². The van der Waals surface area contributed by atoms with Crippen LogP contribution < -0.4 is 10.1 Å². The van der Waals surface area contributed by atoms with Crippen LogP contribution in [0, 0.1) is 5.82 Å². The van der Waals surface area contributed by atoms with E-state index in [1.54, 1.807) is 0 Å². The Morgan fingerprint density at radius 2 is 1.68 bits per heavy atom. The van der Waals surface area contributed by atoms with Crippen molar-refractivity contribution >= 4 is 16.9 Å². The number of para-hydroxylation sites is 2. The van der Waals surface area contributed by atoms with Crippen molar-refractivity contribution in [1.29, 1.82) is 0 Å². The number of nitrogens with zero attached hydrogens (tertiary/aromatic N) is 2. The number of benzene rings is 3. The van der Waals surface area contributed by atoms with Gasteiger partial charge < -0.3 is 14.6 Å². The fourth-order valence-electron chi connectivity index (χ4n) is 4.33. The summed E-state index contributed by atoms with van der Waals surface area (Å²) in [5.74, 6) is 1.39. The summed E-state index contributed by atoms with van der Waals surface area (Å²) in [6.45, 7) is 8.69. The lowest BCUT2D eigenvalue weighted by atomic mass is 9.87. The molecule has 4 rings (SSSR count). The minimum absolute atomic E-state index is 0.137. The number of ether oxygens (including phenoxy) is 1. The number of fused-ring (bicyclic) bond motifs is 1. The Balaban J connectivity index is 1.27. The van der Waals surface area contributed by atoms with Crippen molar-refractivity contribution in [2.24, 2.45) is 0 Å². The van der Waals surface area contributed by atoms with Gasteiger partial charge in [0.1, 0.15) is 17.4 Å². The van der Waals surface area contributed by atoms with Crippen molar-refractivity contribution in [3.05, 3.63) is 95.6 Å².